The number of carbonyl (C=O) groups excluding carboxylic acids is 2. The van der Waals surface area contributed by atoms with Crippen LogP contribution in [-0.4, -0.2) is 86.6 Å². The minimum absolute atomic E-state index is 0.00621. The van der Waals surface area contributed by atoms with Crippen LogP contribution in [0.3, 0.4) is 0 Å². The van der Waals surface area contributed by atoms with Crippen molar-refractivity contribution < 1.29 is 18.4 Å². The van der Waals surface area contributed by atoms with Gasteiger partial charge in [-0.15, -0.1) is 5.10 Å². The molecule has 216 valence electrons. The number of carbonyl (C=O) groups is 2. The van der Waals surface area contributed by atoms with Gasteiger partial charge in [-0.1, -0.05) is 0 Å². The molecule has 2 aromatic carbocycles. The van der Waals surface area contributed by atoms with Gasteiger partial charge in [0.1, 0.15) is 36.1 Å². The van der Waals surface area contributed by atoms with Crippen LogP contribution in [0.4, 0.5) is 20.4 Å². The van der Waals surface area contributed by atoms with Crippen molar-refractivity contribution in [2.45, 2.75) is 19.0 Å². The van der Waals surface area contributed by atoms with Gasteiger partial charge in [0.05, 0.1) is 12.6 Å². The van der Waals surface area contributed by atoms with E-state index >= 15 is 0 Å². The number of anilines is 2. The second kappa shape index (κ2) is 11.6. The minimum atomic E-state index is -0.424. The number of amides is 1. The summed E-state index contributed by atoms with van der Waals surface area (Å²) >= 11 is 0. The Morgan fingerprint density at radius 1 is 0.857 bits per heavy atom. The van der Waals surface area contributed by atoms with Crippen LogP contribution in [0, 0.1) is 11.6 Å². The van der Waals surface area contributed by atoms with Gasteiger partial charge in [-0.05, 0) is 55.0 Å². The fourth-order valence-corrected chi connectivity index (χ4v) is 5.12. The highest BCUT2D eigenvalue weighted by atomic mass is 19.1. The maximum absolute atomic E-state index is 13.6. The number of hydrogen-bond acceptors (Lipinski definition) is 9. The maximum Gasteiger partial charge on any atom is 0.244 e. The Kier molecular flexibility index (Phi) is 7.57. The molecule has 1 atom stereocenters. The van der Waals surface area contributed by atoms with Crippen molar-refractivity contribution in [3.8, 4) is 22.8 Å². The Morgan fingerprint density at radius 3 is 2.12 bits per heavy atom. The summed E-state index contributed by atoms with van der Waals surface area (Å²) in [6, 6.07) is 13.0. The Hall–Kier alpha value is -4.78. The molecule has 1 unspecified atom stereocenters. The molecule has 2 aliphatic rings. The van der Waals surface area contributed by atoms with Gasteiger partial charge in [0.15, 0.2) is 17.4 Å². The number of halogens is 2. The van der Waals surface area contributed by atoms with E-state index in [1.807, 2.05) is 11.0 Å². The number of ketones is 1. The summed E-state index contributed by atoms with van der Waals surface area (Å²) in [7, 11) is 0. The van der Waals surface area contributed by atoms with Crippen molar-refractivity contribution >= 4 is 23.3 Å². The molecule has 0 spiro atoms. The van der Waals surface area contributed by atoms with E-state index in [0.717, 1.165) is 5.82 Å². The van der Waals surface area contributed by atoms with Crippen LogP contribution in [0.1, 0.15) is 6.42 Å². The largest absolute Gasteiger partial charge is 0.353 e. The molecule has 2 fully saturated rings. The Morgan fingerprint density at radius 2 is 1.48 bits per heavy atom. The molecule has 13 heteroatoms. The first-order valence-corrected chi connectivity index (χ1v) is 13.7. The molecule has 2 aromatic heterocycles. The van der Waals surface area contributed by atoms with Crippen molar-refractivity contribution in [3.63, 3.8) is 0 Å². The molecule has 1 amide bonds. The topological polar surface area (TPSA) is 126 Å². The van der Waals surface area contributed by atoms with Gasteiger partial charge in [-0.2, -0.15) is 0 Å². The highest BCUT2D eigenvalue weighted by Gasteiger charge is 2.27. The van der Waals surface area contributed by atoms with Gasteiger partial charge in [0.2, 0.25) is 5.91 Å². The van der Waals surface area contributed by atoms with E-state index in [0.29, 0.717) is 67.7 Å². The number of nitrogens with two attached hydrogens (primary N) is 1. The van der Waals surface area contributed by atoms with Crippen LogP contribution in [0.2, 0.25) is 0 Å². The molecule has 11 nitrogen and oxygen atoms in total. The summed E-state index contributed by atoms with van der Waals surface area (Å²) in [4.78, 5) is 44.6. The average molecular weight is 574 g/mol. The van der Waals surface area contributed by atoms with E-state index < -0.39 is 6.04 Å². The lowest BCUT2D eigenvalue weighted by atomic mass is 10.1. The highest BCUT2D eigenvalue weighted by molar-refractivity contribution is 5.89. The summed E-state index contributed by atoms with van der Waals surface area (Å²) in [6.07, 6.45) is 2.07. The predicted molar refractivity (Wildman–Crippen MR) is 151 cm³/mol. The van der Waals surface area contributed by atoms with Crippen LogP contribution in [0.15, 0.2) is 60.9 Å². The number of piperidine rings is 1. The summed E-state index contributed by atoms with van der Waals surface area (Å²) in [5.74, 6) is 1.24. The molecule has 4 heterocycles. The summed E-state index contributed by atoms with van der Waals surface area (Å²) in [5.41, 5.74) is 7.04. The summed E-state index contributed by atoms with van der Waals surface area (Å²) < 4.78 is 28.6. The number of piperazine rings is 1. The van der Waals surface area contributed by atoms with E-state index in [1.54, 1.807) is 29.2 Å². The number of nitrogens with zero attached hydrogens (tertiary/aromatic N) is 8. The van der Waals surface area contributed by atoms with Crippen molar-refractivity contribution in [2.75, 3.05) is 49.1 Å². The van der Waals surface area contributed by atoms with E-state index in [1.165, 1.54) is 35.3 Å². The molecule has 42 heavy (non-hydrogen) atoms. The molecule has 0 aliphatic carbocycles. The van der Waals surface area contributed by atoms with E-state index in [4.69, 9.17) is 5.73 Å². The van der Waals surface area contributed by atoms with E-state index in [-0.39, 0.29) is 36.4 Å². The Balaban J connectivity index is 1.14. The first-order valence-electron chi connectivity index (χ1n) is 13.7. The van der Waals surface area contributed by atoms with Crippen LogP contribution < -0.4 is 15.5 Å². The average Bonchev–Trinajstić information content (AvgIpc) is 3.43. The molecule has 0 radical (unpaired) electrons. The van der Waals surface area contributed by atoms with Crippen molar-refractivity contribution in [2.24, 2.45) is 5.73 Å². The van der Waals surface area contributed by atoms with Crippen LogP contribution >= 0.6 is 0 Å². The predicted octanol–water partition coefficient (Wildman–Crippen LogP) is 2.14. The van der Waals surface area contributed by atoms with Gasteiger partial charge < -0.3 is 20.4 Å². The number of Topliss-reactive ketones (excluding diaryl/α,β-unsaturated/α-hetero) is 1. The smallest absolute Gasteiger partial charge is 0.244 e. The van der Waals surface area contributed by atoms with Gasteiger partial charge >= 0.3 is 0 Å². The molecule has 0 saturated carbocycles. The monoisotopic (exact) mass is 573 g/mol. The standard InChI is InChI=1S/C29H29F2N9O2/c30-21-5-1-19(2-6-21)28-35-29(20-3-7-22(31)8-4-20)40(36-28)17-27(42)38-13-11-37(12-14-38)25-15-26(34-18-33-25)39-10-9-23(32)24(41)16-39/h1-8,15,18,23H,9-14,16-17,32H2. The zero-order valence-electron chi connectivity index (χ0n) is 22.7. The van der Waals surface area contributed by atoms with Gasteiger partial charge in [-0.3, -0.25) is 9.59 Å². The molecule has 2 aliphatic heterocycles. The number of hydrogen-bond donors (Lipinski definition) is 1. The maximum atomic E-state index is 13.6. The van der Waals surface area contributed by atoms with Crippen molar-refractivity contribution in [3.05, 3.63) is 72.6 Å². The van der Waals surface area contributed by atoms with Crippen LogP contribution in [0.25, 0.3) is 22.8 Å². The quantitative estimate of drug-likeness (QED) is 0.369. The molecule has 2 saturated heterocycles. The minimum Gasteiger partial charge on any atom is -0.353 e. The van der Waals surface area contributed by atoms with Gasteiger partial charge in [0, 0.05) is 49.9 Å². The lowest BCUT2D eigenvalue weighted by Gasteiger charge is -2.36. The third-order valence-electron chi connectivity index (χ3n) is 7.55. The number of benzene rings is 2. The van der Waals surface area contributed by atoms with Crippen molar-refractivity contribution in [1.29, 1.82) is 0 Å². The third-order valence-corrected chi connectivity index (χ3v) is 7.55. The summed E-state index contributed by atoms with van der Waals surface area (Å²) in [6.45, 7) is 2.89. The molecular weight excluding hydrogens is 544 g/mol. The first kappa shape index (κ1) is 27.4. The molecular formula is C29H29F2N9O2. The SMILES string of the molecule is NC1CCN(c2cc(N3CCN(C(=O)Cn4nc(-c5ccc(F)cc5)nc4-c4ccc(F)cc4)CC3)ncn2)CC1=O. The molecule has 2 N–H and O–H groups in total. The highest BCUT2D eigenvalue weighted by Crippen LogP contribution is 2.24. The zero-order valence-corrected chi connectivity index (χ0v) is 22.7. The Labute approximate surface area is 240 Å². The molecule has 6 rings (SSSR count). The molecule has 0 bridgehead atoms. The normalized spacial score (nSPS) is 17.5. The van der Waals surface area contributed by atoms with E-state index in [2.05, 4.69) is 25.0 Å². The van der Waals surface area contributed by atoms with Crippen LogP contribution in [-0.2, 0) is 16.1 Å². The van der Waals surface area contributed by atoms with Gasteiger partial charge in [-0.25, -0.2) is 28.4 Å². The lowest BCUT2D eigenvalue weighted by molar-refractivity contribution is -0.132. The second-order valence-electron chi connectivity index (χ2n) is 10.3. The summed E-state index contributed by atoms with van der Waals surface area (Å²) in [5, 5.41) is 4.55. The van der Waals surface area contributed by atoms with Crippen LogP contribution in [0.5, 0.6) is 0 Å². The number of aromatic nitrogens is 5. The number of rotatable bonds is 6. The van der Waals surface area contributed by atoms with Gasteiger partial charge in [0.25, 0.3) is 0 Å². The fraction of sp³-hybridized carbons (Fsp3) is 0.310. The van der Waals surface area contributed by atoms with Crippen molar-refractivity contribution in [1.82, 2.24) is 29.6 Å². The lowest BCUT2D eigenvalue weighted by Crippen LogP contribution is -2.50. The van der Waals surface area contributed by atoms with E-state index in [9.17, 15) is 18.4 Å². The zero-order chi connectivity index (χ0) is 29.2. The second-order valence-corrected chi connectivity index (χ2v) is 10.3. The Bertz CT molecular complexity index is 1590. The first-order chi connectivity index (χ1) is 20.3. The third kappa shape index (κ3) is 5.81. The molecule has 4 aromatic rings. The fourth-order valence-electron chi connectivity index (χ4n) is 5.12.